The van der Waals surface area contributed by atoms with Gasteiger partial charge in [-0.1, -0.05) is 18.2 Å². The first-order valence-corrected chi connectivity index (χ1v) is 15.7. The van der Waals surface area contributed by atoms with E-state index in [-0.39, 0.29) is 27.9 Å². The van der Waals surface area contributed by atoms with Gasteiger partial charge >= 0.3 is 0 Å². The van der Waals surface area contributed by atoms with Crippen LogP contribution in [0.25, 0.3) is 11.1 Å². The van der Waals surface area contributed by atoms with Crippen LogP contribution in [0.5, 0.6) is 23.0 Å². The van der Waals surface area contributed by atoms with Gasteiger partial charge in [-0.2, -0.15) is 0 Å². The molecule has 2 N–H and O–H groups in total. The molecule has 4 rings (SSSR count). The normalized spacial score (nSPS) is 11.7. The van der Waals surface area contributed by atoms with E-state index in [9.17, 15) is 26.9 Å². The van der Waals surface area contributed by atoms with Crippen LogP contribution in [0.3, 0.4) is 0 Å². The lowest BCUT2D eigenvalue weighted by molar-refractivity contribution is -0.384. The SMILES string of the molecule is COc1ccc(Oc2ccccc2-c2ccsc2S(=O)(=O)NCCNS(=O)(=O)c2ccc([N+](=O)[O-])cc2)cc1OC. The van der Waals surface area contributed by atoms with E-state index in [2.05, 4.69) is 9.44 Å². The Kier molecular flexibility index (Phi) is 9.25. The van der Waals surface area contributed by atoms with Crippen molar-refractivity contribution in [3.8, 4) is 34.1 Å². The summed E-state index contributed by atoms with van der Waals surface area (Å²) in [7, 11) is -5.02. The highest BCUT2D eigenvalue weighted by atomic mass is 32.2. The molecule has 0 radical (unpaired) electrons. The summed E-state index contributed by atoms with van der Waals surface area (Å²) in [6, 6.07) is 18.0. The summed E-state index contributed by atoms with van der Waals surface area (Å²) in [6.45, 7) is -0.492. The molecule has 0 spiro atoms. The van der Waals surface area contributed by atoms with Gasteiger partial charge < -0.3 is 14.2 Å². The Balaban J connectivity index is 1.47. The topological polar surface area (TPSA) is 163 Å². The van der Waals surface area contributed by atoms with Crippen molar-refractivity contribution in [3.05, 3.63) is 88.3 Å². The van der Waals surface area contributed by atoms with Crippen LogP contribution in [0.4, 0.5) is 5.69 Å². The van der Waals surface area contributed by atoms with Crippen molar-refractivity contribution in [1.82, 2.24) is 9.44 Å². The molecule has 0 unspecified atom stereocenters. The molecule has 0 aliphatic heterocycles. The largest absolute Gasteiger partial charge is 0.493 e. The molecular formula is C26H25N3O9S3. The van der Waals surface area contributed by atoms with Gasteiger partial charge in [0.2, 0.25) is 10.0 Å². The highest BCUT2D eigenvalue weighted by Gasteiger charge is 2.23. The average molecular weight is 620 g/mol. The number of nitro benzene ring substituents is 1. The van der Waals surface area contributed by atoms with Crippen molar-refractivity contribution < 1.29 is 36.0 Å². The molecule has 0 aliphatic carbocycles. The Morgan fingerprint density at radius 3 is 2.10 bits per heavy atom. The molecule has 4 aromatic rings. The van der Waals surface area contributed by atoms with Crippen molar-refractivity contribution >= 4 is 37.1 Å². The standard InChI is InChI=1S/C26H25N3O9S3/c1-36-24-12-9-19(17-25(24)37-2)38-23-6-4-3-5-21(23)22-13-16-39-26(22)41(34,35)28-15-14-27-40(32,33)20-10-7-18(8-11-20)29(30)31/h3-13,16-17,27-28H,14-15H2,1-2H3. The minimum atomic E-state index is -4.04. The second-order valence-corrected chi connectivity index (χ2v) is 12.9. The number of rotatable bonds is 13. The summed E-state index contributed by atoms with van der Waals surface area (Å²) in [4.78, 5) is 9.96. The van der Waals surface area contributed by atoms with E-state index in [1.165, 1.54) is 14.2 Å². The number of nitrogens with zero attached hydrogens (tertiary/aromatic N) is 1. The third kappa shape index (κ3) is 7.01. The number of methoxy groups -OCH3 is 2. The molecule has 41 heavy (non-hydrogen) atoms. The Labute approximate surface area is 240 Å². The summed E-state index contributed by atoms with van der Waals surface area (Å²) in [5.74, 6) is 1.86. The van der Waals surface area contributed by atoms with E-state index in [1.54, 1.807) is 53.9 Å². The van der Waals surface area contributed by atoms with Crippen LogP contribution in [0, 0.1) is 10.1 Å². The molecule has 1 heterocycles. The quantitative estimate of drug-likeness (QED) is 0.126. The molecule has 0 atom stereocenters. The lowest BCUT2D eigenvalue weighted by Gasteiger charge is -2.14. The summed E-state index contributed by atoms with van der Waals surface area (Å²) in [5, 5.41) is 12.4. The first-order chi connectivity index (χ1) is 19.6. The number of non-ortho nitro benzene ring substituents is 1. The Morgan fingerprint density at radius 1 is 0.780 bits per heavy atom. The molecule has 216 valence electrons. The Hall–Kier alpha value is -4.02. The third-order valence-corrected chi connectivity index (χ3v) is 10.1. The van der Waals surface area contributed by atoms with Gasteiger partial charge in [0.15, 0.2) is 11.5 Å². The van der Waals surface area contributed by atoms with Crippen molar-refractivity contribution in [2.24, 2.45) is 0 Å². The molecule has 0 bridgehead atoms. The first kappa shape index (κ1) is 30.0. The van der Waals surface area contributed by atoms with E-state index in [0.717, 1.165) is 35.6 Å². The number of ether oxygens (including phenoxy) is 3. The van der Waals surface area contributed by atoms with Crippen LogP contribution in [0.1, 0.15) is 0 Å². The van der Waals surface area contributed by atoms with Crippen LogP contribution in [0.15, 0.2) is 87.3 Å². The molecule has 0 saturated heterocycles. The number of sulfonamides is 2. The monoisotopic (exact) mass is 619 g/mol. The van der Waals surface area contributed by atoms with Gasteiger partial charge in [-0.3, -0.25) is 10.1 Å². The number of nitro groups is 1. The van der Waals surface area contributed by atoms with E-state index in [1.807, 2.05) is 0 Å². The second kappa shape index (κ2) is 12.7. The van der Waals surface area contributed by atoms with Crippen LogP contribution in [0.2, 0.25) is 0 Å². The molecule has 0 amide bonds. The van der Waals surface area contributed by atoms with E-state index in [4.69, 9.17) is 14.2 Å². The molecule has 0 saturated carbocycles. The zero-order valence-corrected chi connectivity index (χ0v) is 24.2. The van der Waals surface area contributed by atoms with Crippen LogP contribution < -0.4 is 23.7 Å². The number of hydrogen-bond acceptors (Lipinski definition) is 10. The zero-order valence-electron chi connectivity index (χ0n) is 21.8. The molecule has 1 aromatic heterocycles. The lowest BCUT2D eigenvalue weighted by atomic mass is 10.1. The number of hydrogen-bond donors (Lipinski definition) is 2. The summed E-state index contributed by atoms with van der Waals surface area (Å²) in [5.41, 5.74) is 0.687. The average Bonchev–Trinajstić information content (AvgIpc) is 3.47. The molecule has 15 heteroatoms. The van der Waals surface area contributed by atoms with Gasteiger partial charge in [0.25, 0.3) is 15.7 Å². The maximum Gasteiger partial charge on any atom is 0.269 e. The Bertz CT molecular complexity index is 1750. The summed E-state index contributed by atoms with van der Waals surface area (Å²) >= 11 is 1.01. The van der Waals surface area contributed by atoms with E-state index < -0.39 is 25.0 Å². The maximum atomic E-state index is 13.2. The summed E-state index contributed by atoms with van der Waals surface area (Å²) in [6.07, 6.45) is 0. The molecule has 0 fully saturated rings. The fourth-order valence-electron chi connectivity index (χ4n) is 3.76. The first-order valence-electron chi connectivity index (χ1n) is 11.9. The van der Waals surface area contributed by atoms with Gasteiger partial charge in [-0.25, -0.2) is 26.3 Å². The summed E-state index contributed by atoms with van der Waals surface area (Å²) < 4.78 is 72.7. The van der Waals surface area contributed by atoms with Crippen molar-refractivity contribution in [2.75, 3.05) is 27.3 Å². The van der Waals surface area contributed by atoms with Crippen molar-refractivity contribution in [3.63, 3.8) is 0 Å². The molecule has 3 aromatic carbocycles. The van der Waals surface area contributed by atoms with Crippen molar-refractivity contribution in [2.45, 2.75) is 9.10 Å². The smallest absolute Gasteiger partial charge is 0.269 e. The van der Waals surface area contributed by atoms with Gasteiger partial charge in [0.1, 0.15) is 15.7 Å². The fraction of sp³-hybridized carbons (Fsp3) is 0.154. The predicted molar refractivity (Wildman–Crippen MR) is 153 cm³/mol. The van der Waals surface area contributed by atoms with Gasteiger partial charge in [-0.05, 0) is 41.8 Å². The second-order valence-electron chi connectivity index (χ2n) is 8.28. The van der Waals surface area contributed by atoms with Crippen molar-refractivity contribution in [1.29, 1.82) is 0 Å². The maximum absolute atomic E-state index is 13.2. The van der Waals surface area contributed by atoms with Crippen LogP contribution in [-0.2, 0) is 20.0 Å². The van der Waals surface area contributed by atoms with Gasteiger partial charge in [0.05, 0.1) is 24.0 Å². The van der Waals surface area contributed by atoms with Crippen LogP contribution >= 0.6 is 11.3 Å². The molecular weight excluding hydrogens is 594 g/mol. The molecule has 12 nitrogen and oxygen atoms in total. The third-order valence-electron chi connectivity index (χ3n) is 5.70. The highest BCUT2D eigenvalue weighted by molar-refractivity contribution is 7.91. The zero-order chi connectivity index (χ0) is 29.6. The number of nitrogens with one attached hydrogen (secondary N) is 2. The number of benzene rings is 3. The van der Waals surface area contributed by atoms with Gasteiger partial charge in [-0.15, -0.1) is 11.3 Å². The highest BCUT2D eigenvalue weighted by Crippen LogP contribution is 2.40. The predicted octanol–water partition coefficient (Wildman–Crippen LogP) is 4.39. The fourth-order valence-corrected chi connectivity index (χ4v) is 7.24. The lowest BCUT2D eigenvalue weighted by Crippen LogP contribution is -2.34. The van der Waals surface area contributed by atoms with E-state index >= 15 is 0 Å². The van der Waals surface area contributed by atoms with Gasteiger partial charge in [0, 0.05) is 42.4 Å². The van der Waals surface area contributed by atoms with E-state index in [0.29, 0.717) is 34.1 Å². The van der Waals surface area contributed by atoms with Crippen LogP contribution in [-0.4, -0.2) is 49.1 Å². The number of thiophene rings is 1. The Morgan fingerprint density at radius 2 is 1.44 bits per heavy atom. The number of para-hydroxylation sites is 1. The minimum Gasteiger partial charge on any atom is -0.493 e. The molecule has 0 aliphatic rings. The minimum absolute atomic E-state index is 0.0269.